The molecule has 0 aromatic heterocycles. The van der Waals surface area contributed by atoms with E-state index in [0.29, 0.717) is 6.42 Å². The van der Waals surface area contributed by atoms with Crippen molar-refractivity contribution < 1.29 is 14.3 Å². The van der Waals surface area contributed by atoms with Gasteiger partial charge in [0.25, 0.3) is 0 Å². The average molecular weight is 225 g/mol. The number of nitrogens with two attached hydrogens (primary N) is 1. The van der Waals surface area contributed by atoms with E-state index in [4.69, 9.17) is 0 Å². The first kappa shape index (κ1) is 23.3. The molecule has 0 aliphatic rings. The van der Waals surface area contributed by atoms with Gasteiger partial charge >= 0.3 is 6.09 Å². The van der Waals surface area contributed by atoms with Gasteiger partial charge in [0.2, 0.25) is 0 Å². The molecular formula is C9H23NO3S. The minimum Gasteiger partial charge on any atom is -0.453 e. The fourth-order valence-corrected chi connectivity index (χ4v) is 0.437. The summed E-state index contributed by atoms with van der Waals surface area (Å²) in [5.74, 6) is 0. The van der Waals surface area contributed by atoms with Crippen LogP contribution in [0.15, 0.2) is 0 Å². The molecule has 0 aliphatic heterocycles. The van der Waals surface area contributed by atoms with Crippen molar-refractivity contribution in [2.45, 2.75) is 41.0 Å². The van der Waals surface area contributed by atoms with E-state index in [-0.39, 0.29) is 12.5 Å². The normalized spacial score (nSPS) is 6.36. The minimum absolute atomic E-state index is 0. The fraction of sp³-hybridized carbons (Fsp3) is 0.778. The topological polar surface area (TPSA) is 69.4 Å². The number of carbonyl (C=O) groups excluding carboxylic acids is 2. The quantitative estimate of drug-likeness (QED) is 0.710. The number of methoxy groups -OCH3 is 1. The van der Waals surface area contributed by atoms with Crippen LogP contribution < -0.4 is 5.73 Å². The molecule has 5 heteroatoms. The molecule has 0 fully saturated rings. The molecule has 0 rings (SSSR count). The Kier molecular flexibility index (Phi) is 37.9. The second kappa shape index (κ2) is 22.8. The highest BCUT2D eigenvalue weighted by Gasteiger charge is 1.85. The van der Waals surface area contributed by atoms with Gasteiger partial charge in [-0.15, -0.1) is 12.6 Å². The highest BCUT2D eigenvalue weighted by atomic mass is 32.1. The highest BCUT2D eigenvalue weighted by molar-refractivity contribution is 7.96. The molecule has 4 nitrogen and oxygen atoms in total. The summed E-state index contributed by atoms with van der Waals surface area (Å²) in [6.07, 6.45) is 0.760. The summed E-state index contributed by atoms with van der Waals surface area (Å²) in [4.78, 5) is 19.3. The molecule has 0 aromatic rings. The fourth-order valence-electron chi connectivity index (χ4n) is 0.214. The molecule has 0 heterocycles. The van der Waals surface area contributed by atoms with Crippen molar-refractivity contribution in [2.24, 2.45) is 5.73 Å². The van der Waals surface area contributed by atoms with Crippen molar-refractivity contribution in [3.63, 3.8) is 0 Å². The second-order valence-corrected chi connectivity index (χ2v) is 2.17. The molecule has 0 bridgehead atoms. The van der Waals surface area contributed by atoms with Crippen LogP contribution in [0.4, 0.5) is 4.79 Å². The number of primary amides is 1. The third-order valence-corrected chi connectivity index (χ3v) is 0.889. The van der Waals surface area contributed by atoms with Gasteiger partial charge in [-0.2, -0.15) is 0 Å². The van der Waals surface area contributed by atoms with E-state index in [1.165, 1.54) is 7.11 Å². The van der Waals surface area contributed by atoms with E-state index in [2.05, 4.69) is 23.1 Å². The van der Waals surface area contributed by atoms with Crippen LogP contribution in [0.1, 0.15) is 41.0 Å². The van der Waals surface area contributed by atoms with E-state index in [0.717, 1.165) is 6.42 Å². The minimum atomic E-state index is -0.745. The zero-order chi connectivity index (χ0) is 11.3. The lowest BCUT2D eigenvalue weighted by molar-refractivity contribution is -0.110. The second-order valence-electron chi connectivity index (χ2n) is 1.67. The largest absolute Gasteiger partial charge is 0.453 e. The Labute approximate surface area is 92.6 Å². The maximum absolute atomic E-state index is 9.91. The zero-order valence-electron chi connectivity index (χ0n) is 8.66. The maximum Gasteiger partial charge on any atom is 0.404 e. The van der Waals surface area contributed by atoms with Crippen LogP contribution in [0, 0.1) is 0 Å². The first-order chi connectivity index (χ1) is 6.04. The van der Waals surface area contributed by atoms with E-state index >= 15 is 0 Å². The molecule has 0 radical (unpaired) electrons. The number of amides is 1. The maximum atomic E-state index is 9.91. The average Bonchev–Trinajstić information content (AvgIpc) is 2.09. The Bertz CT molecular complexity index is 129. The van der Waals surface area contributed by atoms with Gasteiger partial charge in [-0.05, 0) is 6.42 Å². The third kappa shape index (κ3) is 65.0. The number of hydrogen-bond acceptors (Lipinski definition) is 3. The lowest BCUT2D eigenvalue weighted by Crippen LogP contribution is -2.08. The van der Waals surface area contributed by atoms with Crippen LogP contribution in [-0.2, 0) is 9.53 Å². The number of ether oxygens (including phenoxy) is 1. The first-order valence-electron chi connectivity index (χ1n) is 4.09. The molecule has 0 atom stereocenters. The van der Waals surface area contributed by atoms with Crippen molar-refractivity contribution in [1.82, 2.24) is 0 Å². The number of rotatable bonds is 2. The van der Waals surface area contributed by atoms with Gasteiger partial charge in [-0.1, -0.05) is 28.2 Å². The molecule has 14 heavy (non-hydrogen) atoms. The summed E-state index contributed by atoms with van der Waals surface area (Å²) in [6, 6.07) is 0. The number of carbonyl (C=O) groups is 2. The van der Waals surface area contributed by atoms with Crippen molar-refractivity contribution in [3.05, 3.63) is 0 Å². The molecule has 0 unspecified atom stereocenters. The van der Waals surface area contributed by atoms with Crippen LogP contribution >= 0.6 is 12.6 Å². The number of hydrogen-bond donors (Lipinski definition) is 2. The van der Waals surface area contributed by atoms with Crippen LogP contribution in [0.5, 0.6) is 0 Å². The summed E-state index contributed by atoms with van der Waals surface area (Å²) in [7, 11) is 1.22. The van der Waals surface area contributed by atoms with Crippen LogP contribution in [0.2, 0.25) is 0 Å². The van der Waals surface area contributed by atoms with Gasteiger partial charge in [-0.3, -0.25) is 4.79 Å². The van der Waals surface area contributed by atoms with E-state index < -0.39 is 6.09 Å². The molecule has 0 aromatic carbocycles. The molecule has 2 N–H and O–H groups in total. The SMILES string of the molecule is C.CC.CCCC(=O)S.COC(N)=O. The van der Waals surface area contributed by atoms with Gasteiger partial charge in [0.05, 0.1) is 7.11 Å². The van der Waals surface area contributed by atoms with Gasteiger partial charge in [0, 0.05) is 6.42 Å². The molecular weight excluding hydrogens is 202 g/mol. The van der Waals surface area contributed by atoms with Gasteiger partial charge in [-0.25, -0.2) is 4.79 Å². The van der Waals surface area contributed by atoms with Crippen LogP contribution in [-0.4, -0.2) is 18.3 Å². The van der Waals surface area contributed by atoms with Crippen LogP contribution in [0.3, 0.4) is 0 Å². The van der Waals surface area contributed by atoms with Gasteiger partial charge in [0.1, 0.15) is 0 Å². The molecule has 0 saturated heterocycles. The Hall–Kier alpha value is -0.710. The summed E-state index contributed by atoms with van der Waals surface area (Å²) < 4.78 is 3.89. The predicted octanol–water partition coefficient (Wildman–Crippen LogP) is 2.62. The standard InChI is InChI=1S/C4H8OS.C2H5NO2.C2H6.CH4/c1-2-3-4(5)6;1-5-2(3)4;1-2;/h2-3H2,1H3,(H,5,6);1H3,(H2,3,4);1-2H3;1H4. The molecule has 0 saturated carbocycles. The zero-order valence-corrected chi connectivity index (χ0v) is 9.56. The first-order valence-corrected chi connectivity index (χ1v) is 4.54. The van der Waals surface area contributed by atoms with Crippen molar-refractivity contribution in [1.29, 1.82) is 0 Å². The van der Waals surface area contributed by atoms with Crippen molar-refractivity contribution in [2.75, 3.05) is 7.11 Å². The number of thiol groups is 1. The lowest BCUT2D eigenvalue weighted by atomic mass is 10.4. The van der Waals surface area contributed by atoms with E-state index in [1.807, 2.05) is 20.8 Å². The summed E-state index contributed by atoms with van der Waals surface area (Å²) >= 11 is 3.54. The predicted molar refractivity (Wildman–Crippen MR) is 63.6 cm³/mol. The Balaban J connectivity index is -0.0000000576. The Morgan fingerprint density at radius 3 is 1.64 bits per heavy atom. The highest BCUT2D eigenvalue weighted by Crippen LogP contribution is 1.89. The van der Waals surface area contributed by atoms with Crippen molar-refractivity contribution >= 4 is 23.8 Å². The molecule has 1 amide bonds. The van der Waals surface area contributed by atoms with Gasteiger partial charge in [0.15, 0.2) is 5.12 Å². The van der Waals surface area contributed by atoms with E-state index in [9.17, 15) is 9.59 Å². The lowest BCUT2D eigenvalue weighted by Gasteiger charge is -1.81. The van der Waals surface area contributed by atoms with Crippen LogP contribution in [0.25, 0.3) is 0 Å². The molecule has 0 spiro atoms. The molecule has 0 aliphatic carbocycles. The van der Waals surface area contributed by atoms with E-state index in [1.54, 1.807) is 0 Å². The Morgan fingerprint density at radius 1 is 1.36 bits per heavy atom. The third-order valence-electron chi connectivity index (χ3n) is 0.665. The van der Waals surface area contributed by atoms with Gasteiger partial charge < -0.3 is 10.5 Å². The molecule has 88 valence electrons. The summed E-state index contributed by atoms with van der Waals surface area (Å²) in [5, 5.41) is -0.0162. The summed E-state index contributed by atoms with van der Waals surface area (Å²) in [6.45, 7) is 5.95. The van der Waals surface area contributed by atoms with Crippen molar-refractivity contribution in [3.8, 4) is 0 Å². The Morgan fingerprint density at radius 2 is 1.64 bits per heavy atom. The smallest absolute Gasteiger partial charge is 0.404 e. The monoisotopic (exact) mass is 225 g/mol. The summed E-state index contributed by atoms with van der Waals surface area (Å²) in [5.41, 5.74) is 4.43.